The van der Waals surface area contributed by atoms with Crippen LogP contribution in [0, 0.1) is 0 Å². The molecule has 0 bridgehead atoms. The Morgan fingerprint density at radius 2 is 1.94 bits per heavy atom. The van der Waals surface area contributed by atoms with Gasteiger partial charge in [-0.05, 0) is 23.6 Å². The SMILES string of the molecule is CCN(CC(N)=NO)Cc1ccc(C(C)C)cc1. The molecule has 0 saturated carbocycles. The molecule has 0 aliphatic rings. The van der Waals surface area contributed by atoms with Crippen molar-refractivity contribution >= 4 is 5.84 Å². The van der Waals surface area contributed by atoms with Crippen molar-refractivity contribution in [3.8, 4) is 0 Å². The van der Waals surface area contributed by atoms with Gasteiger partial charge in [0.1, 0.15) is 0 Å². The number of hydrogen-bond acceptors (Lipinski definition) is 3. The molecule has 100 valence electrons. The zero-order valence-electron chi connectivity index (χ0n) is 11.4. The van der Waals surface area contributed by atoms with Crippen LogP contribution in [0.3, 0.4) is 0 Å². The lowest BCUT2D eigenvalue weighted by Gasteiger charge is -2.19. The average Bonchev–Trinajstić information content (AvgIpc) is 2.38. The van der Waals surface area contributed by atoms with Crippen molar-refractivity contribution in [2.75, 3.05) is 13.1 Å². The molecule has 0 aliphatic heterocycles. The summed E-state index contributed by atoms with van der Waals surface area (Å²) in [4.78, 5) is 2.12. The second-order valence-corrected chi connectivity index (χ2v) is 4.79. The van der Waals surface area contributed by atoms with Crippen LogP contribution in [0.15, 0.2) is 29.4 Å². The van der Waals surface area contributed by atoms with Crippen molar-refractivity contribution in [2.45, 2.75) is 33.2 Å². The molecule has 0 spiro atoms. The van der Waals surface area contributed by atoms with Gasteiger partial charge >= 0.3 is 0 Å². The Hall–Kier alpha value is -1.55. The first-order valence-corrected chi connectivity index (χ1v) is 6.34. The molecular formula is C14H23N3O. The lowest BCUT2D eigenvalue weighted by molar-refractivity contribution is 0.294. The molecule has 0 saturated heterocycles. The summed E-state index contributed by atoms with van der Waals surface area (Å²) in [7, 11) is 0. The third kappa shape index (κ3) is 4.37. The van der Waals surface area contributed by atoms with E-state index in [1.165, 1.54) is 11.1 Å². The van der Waals surface area contributed by atoms with Gasteiger partial charge in [0.05, 0.1) is 6.54 Å². The fourth-order valence-corrected chi connectivity index (χ4v) is 1.81. The highest BCUT2D eigenvalue weighted by atomic mass is 16.4. The van der Waals surface area contributed by atoms with Crippen LogP contribution in [0.4, 0.5) is 0 Å². The summed E-state index contributed by atoms with van der Waals surface area (Å²) in [5, 5.41) is 11.6. The van der Waals surface area contributed by atoms with E-state index in [1.54, 1.807) is 0 Å². The molecule has 0 aliphatic carbocycles. The van der Waals surface area contributed by atoms with E-state index < -0.39 is 0 Å². The van der Waals surface area contributed by atoms with Gasteiger partial charge in [0, 0.05) is 6.54 Å². The van der Waals surface area contributed by atoms with Crippen molar-refractivity contribution in [3.63, 3.8) is 0 Å². The molecule has 0 amide bonds. The minimum atomic E-state index is 0.246. The first-order valence-electron chi connectivity index (χ1n) is 6.34. The Kier molecular flexibility index (Phi) is 5.65. The Morgan fingerprint density at radius 3 is 2.39 bits per heavy atom. The van der Waals surface area contributed by atoms with Gasteiger partial charge in [0.25, 0.3) is 0 Å². The van der Waals surface area contributed by atoms with Crippen molar-refractivity contribution in [2.24, 2.45) is 10.9 Å². The van der Waals surface area contributed by atoms with E-state index in [9.17, 15) is 0 Å². The second-order valence-electron chi connectivity index (χ2n) is 4.79. The van der Waals surface area contributed by atoms with Crippen LogP contribution < -0.4 is 5.73 Å². The van der Waals surface area contributed by atoms with Crippen molar-refractivity contribution < 1.29 is 5.21 Å². The summed E-state index contributed by atoms with van der Waals surface area (Å²) < 4.78 is 0. The number of likely N-dealkylation sites (N-methyl/N-ethyl adjacent to an activating group) is 1. The summed E-state index contributed by atoms with van der Waals surface area (Å²) in [5.74, 6) is 0.800. The Labute approximate surface area is 109 Å². The zero-order chi connectivity index (χ0) is 13.5. The molecule has 1 aromatic carbocycles. The maximum absolute atomic E-state index is 8.58. The van der Waals surface area contributed by atoms with Crippen LogP contribution in [0.2, 0.25) is 0 Å². The minimum Gasteiger partial charge on any atom is -0.409 e. The number of benzene rings is 1. The van der Waals surface area contributed by atoms with Gasteiger partial charge in [0.2, 0.25) is 0 Å². The van der Waals surface area contributed by atoms with E-state index in [-0.39, 0.29) is 5.84 Å². The van der Waals surface area contributed by atoms with E-state index in [4.69, 9.17) is 10.9 Å². The highest BCUT2D eigenvalue weighted by molar-refractivity contribution is 5.81. The van der Waals surface area contributed by atoms with Gasteiger partial charge in [0.15, 0.2) is 5.84 Å². The molecule has 1 rings (SSSR count). The third-order valence-corrected chi connectivity index (χ3v) is 3.01. The predicted octanol–water partition coefficient (Wildman–Crippen LogP) is 2.38. The van der Waals surface area contributed by atoms with E-state index in [1.807, 2.05) is 0 Å². The Morgan fingerprint density at radius 1 is 1.33 bits per heavy atom. The Balaban J connectivity index is 2.64. The van der Waals surface area contributed by atoms with Gasteiger partial charge in [-0.1, -0.05) is 50.2 Å². The zero-order valence-corrected chi connectivity index (χ0v) is 11.4. The van der Waals surface area contributed by atoms with Gasteiger partial charge in [-0.15, -0.1) is 0 Å². The molecule has 1 aromatic rings. The van der Waals surface area contributed by atoms with Crippen molar-refractivity contribution in [3.05, 3.63) is 35.4 Å². The van der Waals surface area contributed by atoms with Crippen LogP contribution in [0.25, 0.3) is 0 Å². The lowest BCUT2D eigenvalue weighted by Crippen LogP contribution is -2.33. The minimum absolute atomic E-state index is 0.246. The van der Waals surface area contributed by atoms with E-state index in [2.05, 4.69) is 55.1 Å². The van der Waals surface area contributed by atoms with Crippen LogP contribution >= 0.6 is 0 Å². The lowest BCUT2D eigenvalue weighted by atomic mass is 10.0. The molecule has 3 N–H and O–H groups in total. The fourth-order valence-electron chi connectivity index (χ4n) is 1.81. The van der Waals surface area contributed by atoms with Gasteiger partial charge in [-0.2, -0.15) is 0 Å². The summed E-state index contributed by atoms with van der Waals surface area (Å²) in [6, 6.07) is 8.61. The van der Waals surface area contributed by atoms with Crippen LogP contribution in [-0.2, 0) is 6.54 Å². The van der Waals surface area contributed by atoms with Crippen LogP contribution in [-0.4, -0.2) is 29.0 Å². The highest BCUT2D eigenvalue weighted by Gasteiger charge is 2.06. The van der Waals surface area contributed by atoms with Gasteiger partial charge < -0.3 is 10.9 Å². The number of nitrogens with zero attached hydrogens (tertiary/aromatic N) is 2. The van der Waals surface area contributed by atoms with Gasteiger partial charge in [-0.3, -0.25) is 4.90 Å². The maximum atomic E-state index is 8.58. The molecule has 4 heteroatoms. The molecular weight excluding hydrogens is 226 g/mol. The normalized spacial score (nSPS) is 12.4. The third-order valence-electron chi connectivity index (χ3n) is 3.01. The van der Waals surface area contributed by atoms with Crippen molar-refractivity contribution in [1.29, 1.82) is 0 Å². The first kappa shape index (κ1) is 14.5. The van der Waals surface area contributed by atoms with Crippen LogP contribution in [0.5, 0.6) is 0 Å². The number of nitrogens with two attached hydrogens (primary N) is 1. The molecule has 18 heavy (non-hydrogen) atoms. The molecule has 0 radical (unpaired) electrons. The summed E-state index contributed by atoms with van der Waals surface area (Å²) in [6.07, 6.45) is 0. The number of amidine groups is 1. The second kappa shape index (κ2) is 7.01. The highest BCUT2D eigenvalue weighted by Crippen LogP contribution is 2.15. The molecule has 0 aromatic heterocycles. The quantitative estimate of drug-likeness (QED) is 0.352. The number of oxime groups is 1. The number of rotatable bonds is 6. The largest absolute Gasteiger partial charge is 0.409 e. The van der Waals surface area contributed by atoms with Crippen LogP contribution in [0.1, 0.15) is 37.8 Å². The molecule has 0 unspecified atom stereocenters. The van der Waals surface area contributed by atoms with Crippen molar-refractivity contribution in [1.82, 2.24) is 4.90 Å². The standard InChI is InChI=1S/C14H23N3O/c1-4-17(10-14(15)16-18)9-12-5-7-13(8-6-12)11(2)3/h5-8,11,18H,4,9-10H2,1-3H3,(H2,15,16). The smallest absolute Gasteiger partial charge is 0.153 e. The van der Waals surface area contributed by atoms with Gasteiger partial charge in [-0.25, -0.2) is 0 Å². The Bertz CT molecular complexity index is 385. The number of hydrogen-bond donors (Lipinski definition) is 2. The molecule has 4 nitrogen and oxygen atoms in total. The molecule has 0 fully saturated rings. The predicted molar refractivity (Wildman–Crippen MR) is 74.9 cm³/mol. The van der Waals surface area contributed by atoms with E-state index in [0.717, 1.165) is 13.1 Å². The molecule has 0 heterocycles. The maximum Gasteiger partial charge on any atom is 0.153 e. The fraction of sp³-hybridized carbons (Fsp3) is 0.500. The summed E-state index contributed by atoms with van der Waals surface area (Å²) >= 11 is 0. The average molecular weight is 249 g/mol. The monoisotopic (exact) mass is 249 g/mol. The first-order chi connectivity index (χ1) is 8.56. The topological polar surface area (TPSA) is 61.8 Å². The van der Waals surface area contributed by atoms with E-state index >= 15 is 0 Å². The van der Waals surface area contributed by atoms with E-state index in [0.29, 0.717) is 12.5 Å². The molecule has 0 atom stereocenters. The summed E-state index contributed by atoms with van der Waals surface area (Å²) in [5.41, 5.74) is 8.11. The summed E-state index contributed by atoms with van der Waals surface area (Å²) in [6.45, 7) is 8.59.